The van der Waals surface area contributed by atoms with Crippen molar-refractivity contribution >= 4 is 0 Å². The molecule has 0 saturated heterocycles. The summed E-state index contributed by atoms with van der Waals surface area (Å²) in [7, 11) is 0. The highest BCUT2D eigenvalue weighted by Crippen LogP contribution is 2.56. The van der Waals surface area contributed by atoms with Crippen LogP contribution in [0.25, 0.3) is 0 Å². The Balaban J connectivity index is 1.57. The molecule has 3 saturated carbocycles. The summed E-state index contributed by atoms with van der Waals surface area (Å²) < 4.78 is 0. The van der Waals surface area contributed by atoms with E-state index in [4.69, 9.17) is 0 Å². The van der Waals surface area contributed by atoms with E-state index in [-0.39, 0.29) is 0 Å². The van der Waals surface area contributed by atoms with Gasteiger partial charge in [0.15, 0.2) is 0 Å². The van der Waals surface area contributed by atoms with Crippen molar-refractivity contribution in [1.29, 1.82) is 0 Å². The molecule has 3 fully saturated rings. The van der Waals surface area contributed by atoms with Crippen LogP contribution in [0.1, 0.15) is 51.4 Å². The third-order valence-electron chi connectivity index (χ3n) is 6.47. The summed E-state index contributed by atoms with van der Waals surface area (Å²) in [6.45, 7) is 0. The molecule has 0 spiro atoms. The first-order valence-corrected chi connectivity index (χ1v) is 7.92. The average Bonchev–Trinajstić information content (AvgIpc) is 2.86. The number of hydrogen-bond donors (Lipinski definition) is 0. The zero-order valence-corrected chi connectivity index (χ0v) is 10.9. The van der Waals surface area contributed by atoms with Gasteiger partial charge in [-0.05, 0) is 93.3 Å². The largest absolute Gasteiger partial charge is 0.0879 e. The van der Waals surface area contributed by atoms with Gasteiger partial charge in [-0.25, -0.2) is 0 Å². The second-order valence-electron chi connectivity index (χ2n) is 7.00. The molecule has 0 heterocycles. The lowest BCUT2D eigenvalue weighted by molar-refractivity contribution is -0.00686. The summed E-state index contributed by atoms with van der Waals surface area (Å²) in [4.78, 5) is 0. The number of rotatable bonds is 0. The highest BCUT2D eigenvalue weighted by atomic mass is 14.5. The maximum Gasteiger partial charge on any atom is -0.0199 e. The Morgan fingerprint density at radius 2 is 1.59 bits per heavy atom. The highest BCUT2D eigenvalue weighted by Gasteiger charge is 2.47. The van der Waals surface area contributed by atoms with Gasteiger partial charge in [0.05, 0.1) is 0 Å². The standard InChI is InChI=1S/C17H25/c1-2-6-14-12(4-1)8-10-17-15-7-3-5-13(15)9-11-16(14)17/h1,3,5,12-17H,2,4,6-11H2. The van der Waals surface area contributed by atoms with E-state index in [9.17, 15) is 0 Å². The van der Waals surface area contributed by atoms with E-state index < -0.39 is 0 Å². The second-order valence-corrected chi connectivity index (χ2v) is 7.00. The molecule has 0 aromatic heterocycles. The van der Waals surface area contributed by atoms with E-state index in [0.29, 0.717) is 0 Å². The Morgan fingerprint density at radius 3 is 2.59 bits per heavy atom. The fraction of sp³-hybridized carbons (Fsp3) is 0.824. The molecule has 4 rings (SSSR count). The number of hydrogen-bond acceptors (Lipinski definition) is 0. The van der Waals surface area contributed by atoms with Gasteiger partial charge in [0.25, 0.3) is 0 Å². The number of allylic oxidation sites excluding steroid dienone is 2. The lowest BCUT2D eigenvalue weighted by atomic mass is 9.54. The molecule has 0 amide bonds. The molecule has 0 aromatic carbocycles. The Morgan fingerprint density at radius 1 is 0.706 bits per heavy atom. The first-order valence-electron chi connectivity index (χ1n) is 7.92. The van der Waals surface area contributed by atoms with E-state index in [1.54, 1.807) is 19.3 Å². The topological polar surface area (TPSA) is 0 Å². The molecule has 4 aliphatic carbocycles. The summed E-state index contributed by atoms with van der Waals surface area (Å²) in [5, 5.41) is 0. The summed E-state index contributed by atoms with van der Waals surface area (Å²) in [6, 6.07) is 0. The molecule has 17 heavy (non-hydrogen) atoms. The van der Waals surface area contributed by atoms with E-state index in [1.165, 1.54) is 32.1 Å². The van der Waals surface area contributed by atoms with Crippen LogP contribution < -0.4 is 0 Å². The van der Waals surface area contributed by atoms with Gasteiger partial charge >= 0.3 is 0 Å². The Hall–Kier alpha value is -0.260. The molecule has 6 unspecified atom stereocenters. The molecule has 0 bridgehead atoms. The van der Waals surface area contributed by atoms with Crippen LogP contribution in [0.4, 0.5) is 0 Å². The van der Waals surface area contributed by atoms with E-state index >= 15 is 0 Å². The lowest BCUT2D eigenvalue weighted by Crippen LogP contribution is -2.43. The summed E-state index contributed by atoms with van der Waals surface area (Å²) in [5.74, 6) is 6.44. The SMILES string of the molecule is [CH]1CCC2C(C1)CCC1C3CC=CC3CCC21. The maximum absolute atomic E-state index is 2.57. The van der Waals surface area contributed by atoms with Gasteiger partial charge in [-0.15, -0.1) is 0 Å². The Bertz CT molecular complexity index is 316. The zero-order valence-electron chi connectivity index (χ0n) is 10.9. The second kappa shape index (κ2) is 4.14. The van der Waals surface area contributed by atoms with Crippen molar-refractivity contribution in [2.75, 3.05) is 0 Å². The van der Waals surface area contributed by atoms with Gasteiger partial charge in [0.2, 0.25) is 0 Å². The lowest BCUT2D eigenvalue weighted by Gasteiger charge is -2.51. The van der Waals surface area contributed by atoms with Gasteiger partial charge in [0, 0.05) is 0 Å². The van der Waals surface area contributed by atoms with Crippen molar-refractivity contribution in [3.63, 3.8) is 0 Å². The number of fused-ring (bicyclic) bond motifs is 5. The quantitative estimate of drug-likeness (QED) is 0.532. The van der Waals surface area contributed by atoms with E-state index in [2.05, 4.69) is 18.6 Å². The highest BCUT2D eigenvalue weighted by molar-refractivity contribution is 5.08. The Kier molecular flexibility index (Phi) is 2.59. The third-order valence-corrected chi connectivity index (χ3v) is 6.47. The normalized spacial score (nSPS) is 52.7. The van der Waals surface area contributed by atoms with Crippen LogP contribution in [0.2, 0.25) is 0 Å². The minimum absolute atomic E-state index is 0.975. The van der Waals surface area contributed by atoms with E-state index in [0.717, 1.165) is 35.5 Å². The molecule has 0 aromatic rings. The van der Waals surface area contributed by atoms with Crippen LogP contribution in [0.15, 0.2) is 12.2 Å². The molecule has 0 N–H and O–H groups in total. The summed E-state index contributed by atoms with van der Waals surface area (Å²) in [5.41, 5.74) is 0. The van der Waals surface area contributed by atoms with Gasteiger partial charge in [0.1, 0.15) is 0 Å². The van der Waals surface area contributed by atoms with Crippen LogP contribution in [0, 0.1) is 41.9 Å². The van der Waals surface area contributed by atoms with Crippen LogP contribution in [-0.4, -0.2) is 0 Å². The molecule has 0 heteroatoms. The third kappa shape index (κ3) is 1.63. The fourth-order valence-electron chi connectivity index (χ4n) is 5.76. The van der Waals surface area contributed by atoms with Crippen molar-refractivity contribution in [3.8, 4) is 0 Å². The van der Waals surface area contributed by atoms with Crippen molar-refractivity contribution in [1.82, 2.24) is 0 Å². The molecule has 1 radical (unpaired) electrons. The smallest absolute Gasteiger partial charge is 0.0199 e. The monoisotopic (exact) mass is 229 g/mol. The molecular formula is C17H25. The Labute approximate surface area is 106 Å². The predicted molar refractivity (Wildman–Crippen MR) is 71.3 cm³/mol. The predicted octanol–water partition coefficient (Wildman–Crippen LogP) is 4.62. The molecule has 4 aliphatic rings. The van der Waals surface area contributed by atoms with Crippen molar-refractivity contribution in [3.05, 3.63) is 18.6 Å². The molecule has 0 aliphatic heterocycles. The van der Waals surface area contributed by atoms with Crippen LogP contribution >= 0.6 is 0 Å². The van der Waals surface area contributed by atoms with Gasteiger partial charge < -0.3 is 0 Å². The zero-order chi connectivity index (χ0) is 11.2. The van der Waals surface area contributed by atoms with E-state index in [1.807, 2.05) is 0 Å². The van der Waals surface area contributed by atoms with Gasteiger partial charge in [-0.2, -0.15) is 0 Å². The van der Waals surface area contributed by atoms with Gasteiger partial charge in [-0.1, -0.05) is 12.2 Å². The first-order chi connectivity index (χ1) is 8.43. The maximum atomic E-state index is 2.57. The first kappa shape index (κ1) is 10.6. The van der Waals surface area contributed by atoms with Crippen LogP contribution in [0.3, 0.4) is 0 Å². The fourth-order valence-corrected chi connectivity index (χ4v) is 5.76. The molecular weight excluding hydrogens is 204 g/mol. The van der Waals surface area contributed by atoms with Crippen molar-refractivity contribution in [2.45, 2.75) is 51.4 Å². The molecule has 0 nitrogen and oxygen atoms in total. The molecule has 93 valence electrons. The van der Waals surface area contributed by atoms with Gasteiger partial charge in [-0.3, -0.25) is 0 Å². The minimum atomic E-state index is 0.975. The van der Waals surface area contributed by atoms with Crippen LogP contribution in [-0.2, 0) is 0 Å². The summed E-state index contributed by atoms with van der Waals surface area (Å²) in [6.07, 6.45) is 19.6. The summed E-state index contributed by atoms with van der Waals surface area (Å²) >= 11 is 0. The average molecular weight is 229 g/mol. The van der Waals surface area contributed by atoms with Crippen molar-refractivity contribution in [2.24, 2.45) is 35.5 Å². The minimum Gasteiger partial charge on any atom is -0.0879 e. The molecule has 6 atom stereocenters. The van der Waals surface area contributed by atoms with Crippen LogP contribution in [0.5, 0.6) is 0 Å². The van der Waals surface area contributed by atoms with Crippen molar-refractivity contribution < 1.29 is 0 Å².